The second-order valence-electron chi connectivity index (χ2n) is 8.09. The second kappa shape index (κ2) is 6.34. The first-order valence-corrected chi connectivity index (χ1v) is 9.92. The van der Waals surface area contributed by atoms with Crippen LogP contribution in [0, 0.1) is 13.8 Å². The summed E-state index contributed by atoms with van der Waals surface area (Å²) in [6.07, 6.45) is 5.65. The fourth-order valence-corrected chi connectivity index (χ4v) is 4.87. The van der Waals surface area contributed by atoms with Gasteiger partial charge in [-0.3, -0.25) is 4.90 Å². The number of aromatic nitrogens is 3. The first-order valence-electron chi connectivity index (χ1n) is 9.92. The van der Waals surface area contributed by atoms with Gasteiger partial charge in [-0.25, -0.2) is 4.98 Å². The smallest absolute Gasteiger partial charge is 0.138 e. The van der Waals surface area contributed by atoms with Gasteiger partial charge >= 0.3 is 0 Å². The van der Waals surface area contributed by atoms with Gasteiger partial charge in [0.1, 0.15) is 11.6 Å². The molecular weight excluding hydrogens is 336 g/mol. The molecule has 1 aromatic carbocycles. The number of piperidine rings is 1. The van der Waals surface area contributed by atoms with E-state index >= 15 is 0 Å². The van der Waals surface area contributed by atoms with Crippen LogP contribution in [-0.4, -0.2) is 32.7 Å². The topological polar surface area (TPSA) is 47.1 Å². The van der Waals surface area contributed by atoms with Crippen LogP contribution in [-0.2, 0) is 18.5 Å². The zero-order valence-electron chi connectivity index (χ0n) is 16.1. The van der Waals surface area contributed by atoms with E-state index in [-0.39, 0.29) is 5.41 Å². The minimum atomic E-state index is 0.252. The molecule has 0 bridgehead atoms. The standard InChI is InChI=1S/C22H26N4O/c1-16-19(17(2)27-24-16)15-25-11-8-22(9-12-25)10-13-26-20(14-23-21(22)26)18-6-4-3-5-7-18/h3-7,14H,8-13,15H2,1-2H3. The predicted octanol–water partition coefficient (Wildman–Crippen LogP) is 4.09. The molecule has 0 amide bonds. The maximum Gasteiger partial charge on any atom is 0.138 e. The minimum Gasteiger partial charge on any atom is -0.361 e. The van der Waals surface area contributed by atoms with Gasteiger partial charge in [-0.1, -0.05) is 35.5 Å². The van der Waals surface area contributed by atoms with Crippen LogP contribution >= 0.6 is 0 Å². The van der Waals surface area contributed by atoms with Crippen LogP contribution < -0.4 is 0 Å². The minimum absolute atomic E-state index is 0.252. The van der Waals surface area contributed by atoms with Gasteiger partial charge in [-0.2, -0.15) is 0 Å². The highest BCUT2D eigenvalue weighted by atomic mass is 16.5. The summed E-state index contributed by atoms with van der Waals surface area (Å²) in [6.45, 7) is 8.30. The Hall–Kier alpha value is -2.40. The van der Waals surface area contributed by atoms with Crippen molar-refractivity contribution in [3.8, 4) is 11.3 Å². The van der Waals surface area contributed by atoms with Crippen molar-refractivity contribution in [1.82, 2.24) is 19.6 Å². The van der Waals surface area contributed by atoms with Gasteiger partial charge in [0.15, 0.2) is 0 Å². The first-order chi connectivity index (χ1) is 13.2. The van der Waals surface area contributed by atoms with E-state index in [4.69, 9.17) is 9.51 Å². The lowest BCUT2D eigenvalue weighted by Crippen LogP contribution is -2.41. The quantitative estimate of drug-likeness (QED) is 0.704. The average molecular weight is 362 g/mol. The number of aryl methyl sites for hydroxylation is 2. The van der Waals surface area contributed by atoms with Crippen molar-refractivity contribution in [1.29, 1.82) is 0 Å². The molecule has 5 rings (SSSR count). The molecule has 27 heavy (non-hydrogen) atoms. The van der Waals surface area contributed by atoms with Crippen molar-refractivity contribution in [2.45, 2.75) is 51.6 Å². The highest BCUT2D eigenvalue weighted by Gasteiger charge is 2.44. The number of imidazole rings is 1. The first kappa shape index (κ1) is 16.8. The van der Waals surface area contributed by atoms with Crippen LogP contribution in [0.4, 0.5) is 0 Å². The zero-order valence-corrected chi connectivity index (χ0v) is 16.1. The molecule has 0 saturated carbocycles. The fraction of sp³-hybridized carbons (Fsp3) is 0.455. The normalized spacial score (nSPS) is 18.9. The molecule has 1 fully saturated rings. The Morgan fingerprint density at radius 3 is 2.48 bits per heavy atom. The number of hydrogen-bond acceptors (Lipinski definition) is 4. The molecule has 0 aliphatic carbocycles. The number of benzene rings is 1. The number of nitrogens with zero attached hydrogens (tertiary/aromatic N) is 4. The van der Waals surface area contributed by atoms with E-state index in [1.54, 1.807) is 0 Å². The number of rotatable bonds is 3. The molecule has 0 N–H and O–H groups in total. The van der Waals surface area contributed by atoms with Crippen molar-refractivity contribution in [3.63, 3.8) is 0 Å². The van der Waals surface area contributed by atoms with Crippen molar-refractivity contribution in [2.75, 3.05) is 13.1 Å². The van der Waals surface area contributed by atoms with Gasteiger partial charge in [-0.15, -0.1) is 0 Å². The van der Waals surface area contributed by atoms with E-state index in [0.717, 1.165) is 37.6 Å². The van der Waals surface area contributed by atoms with Gasteiger partial charge in [0.2, 0.25) is 0 Å². The van der Waals surface area contributed by atoms with Gasteiger partial charge in [0.25, 0.3) is 0 Å². The summed E-state index contributed by atoms with van der Waals surface area (Å²) >= 11 is 0. The Balaban J connectivity index is 1.34. The summed E-state index contributed by atoms with van der Waals surface area (Å²) in [7, 11) is 0. The zero-order chi connectivity index (χ0) is 18.4. The maximum atomic E-state index is 5.33. The van der Waals surface area contributed by atoms with Crippen molar-refractivity contribution < 1.29 is 4.52 Å². The molecule has 3 aromatic rings. The molecule has 5 nitrogen and oxygen atoms in total. The Morgan fingerprint density at radius 1 is 1.04 bits per heavy atom. The molecule has 2 aromatic heterocycles. The molecule has 5 heteroatoms. The second-order valence-corrected chi connectivity index (χ2v) is 8.09. The molecule has 140 valence electrons. The summed E-state index contributed by atoms with van der Waals surface area (Å²) in [6, 6.07) is 10.6. The summed E-state index contributed by atoms with van der Waals surface area (Å²) in [5.74, 6) is 2.26. The van der Waals surface area contributed by atoms with Crippen LogP contribution in [0.15, 0.2) is 41.1 Å². The maximum absolute atomic E-state index is 5.33. The van der Waals surface area contributed by atoms with Gasteiger partial charge in [-0.05, 0) is 51.8 Å². The third-order valence-electron chi connectivity index (χ3n) is 6.59. The van der Waals surface area contributed by atoms with Crippen molar-refractivity contribution >= 4 is 0 Å². The molecule has 1 saturated heterocycles. The number of fused-ring (bicyclic) bond motifs is 2. The van der Waals surface area contributed by atoms with Gasteiger partial charge in [0, 0.05) is 24.1 Å². The highest BCUT2D eigenvalue weighted by Crippen LogP contribution is 2.44. The average Bonchev–Trinajstić information content (AvgIpc) is 3.36. The largest absolute Gasteiger partial charge is 0.361 e. The van der Waals surface area contributed by atoms with E-state index in [1.165, 1.54) is 41.9 Å². The fourth-order valence-electron chi connectivity index (χ4n) is 4.87. The molecule has 0 atom stereocenters. The van der Waals surface area contributed by atoms with E-state index in [9.17, 15) is 0 Å². The SMILES string of the molecule is Cc1noc(C)c1CN1CCC2(CC1)CCn1c(-c3ccccc3)cnc12. The van der Waals surface area contributed by atoms with Crippen molar-refractivity contribution in [3.05, 3.63) is 59.4 Å². The van der Waals surface area contributed by atoms with Crippen LogP contribution in [0.25, 0.3) is 11.3 Å². The Bertz CT molecular complexity index is 929. The number of likely N-dealkylation sites (tertiary alicyclic amines) is 1. The summed E-state index contributed by atoms with van der Waals surface area (Å²) in [5.41, 5.74) is 5.06. The van der Waals surface area contributed by atoms with Crippen LogP contribution in [0.2, 0.25) is 0 Å². The molecule has 0 radical (unpaired) electrons. The van der Waals surface area contributed by atoms with E-state index in [2.05, 4.69) is 51.2 Å². The Kier molecular flexibility index (Phi) is 3.93. The van der Waals surface area contributed by atoms with E-state index < -0.39 is 0 Å². The monoisotopic (exact) mass is 362 g/mol. The van der Waals surface area contributed by atoms with Crippen LogP contribution in [0.3, 0.4) is 0 Å². The summed E-state index contributed by atoms with van der Waals surface area (Å²) < 4.78 is 7.79. The Labute approximate surface area is 160 Å². The van der Waals surface area contributed by atoms with Gasteiger partial charge < -0.3 is 9.09 Å². The molecule has 2 aliphatic heterocycles. The highest BCUT2D eigenvalue weighted by molar-refractivity contribution is 5.60. The molecule has 2 aliphatic rings. The summed E-state index contributed by atoms with van der Waals surface area (Å²) in [4.78, 5) is 7.44. The lowest BCUT2D eigenvalue weighted by Gasteiger charge is -2.38. The van der Waals surface area contributed by atoms with Crippen LogP contribution in [0.1, 0.15) is 42.1 Å². The summed E-state index contributed by atoms with van der Waals surface area (Å²) in [5, 5.41) is 4.10. The number of hydrogen-bond donors (Lipinski definition) is 0. The molecular formula is C22H26N4O. The molecule has 0 unspecified atom stereocenters. The lowest BCUT2D eigenvalue weighted by molar-refractivity contribution is 0.149. The predicted molar refractivity (Wildman–Crippen MR) is 104 cm³/mol. The van der Waals surface area contributed by atoms with Crippen LogP contribution in [0.5, 0.6) is 0 Å². The lowest BCUT2D eigenvalue weighted by atomic mass is 9.76. The van der Waals surface area contributed by atoms with Crippen molar-refractivity contribution in [2.24, 2.45) is 0 Å². The van der Waals surface area contributed by atoms with E-state index in [0.29, 0.717) is 0 Å². The van der Waals surface area contributed by atoms with Gasteiger partial charge in [0.05, 0.1) is 17.6 Å². The van der Waals surface area contributed by atoms with E-state index in [1.807, 2.05) is 13.8 Å². The third kappa shape index (κ3) is 2.72. The Morgan fingerprint density at radius 2 is 1.78 bits per heavy atom. The third-order valence-corrected chi connectivity index (χ3v) is 6.59. The molecule has 1 spiro atoms. The molecule has 4 heterocycles.